The molecule has 13 heavy (non-hydrogen) atoms. The zero-order chi connectivity index (χ0) is 10.7. The fraction of sp³-hybridized carbons (Fsp3) is 0.727. The van der Waals surface area contributed by atoms with Crippen LogP contribution in [0.1, 0.15) is 41.0 Å². The summed E-state index contributed by atoms with van der Waals surface area (Å²) < 4.78 is 5.23. The van der Waals surface area contributed by atoms with E-state index in [1.165, 1.54) is 0 Å². The van der Waals surface area contributed by atoms with Crippen LogP contribution >= 0.6 is 0 Å². The minimum absolute atomic E-state index is 0.255. The highest BCUT2D eigenvalue weighted by molar-refractivity contribution is 5.76. The molecule has 0 aromatic carbocycles. The van der Waals surface area contributed by atoms with E-state index in [1.54, 1.807) is 6.92 Å². The molecule has 0 aliphatic heterocycles. The SMILES string of the molecule is C#CC(C)(CC)OC(=O)C(C)(C)C. The van der Waals surface area contributed by atoms with Crippen molar-refractivity contribution in [1.82, 2.24) is 0 Å². The summed E-state index contributed by atoms with van der Waals surface area (Å²) in [6.07, 6.45) is 5.91. The molecule has 0 rings (SSSR count). The lowest BCUT2D eigenvalue weighted by Gasteiger charge is -2.26. The number of hydrogen-bond acceptors (Lipinski definition) is 2. The normalized spacial score (nSPS) is 15.7. The maximum absolute atomic E-state index is 11.5. The van der Waals surface area contributed by atoms with Crippen molar-refractivity contribution in [3.8, 4) is 12.3 Å². The van der Waals surface area contributed by atoms with E-state index in [2.05, 4.69) is 5.92 Å². The van der Waals surface area contributed by atoms with E-state index in [-0.39, 0.29) is 5.97 Å². The van der Waals surface area contributed by atoms with Gasteiger partial charge in [0.25, 0.3) is 0 Å². The number of carbonyl (C=O) groups excluding carboxylic acids is 1. The van der Waals surface area contributed by atoms with Gasteiger partial charge in [0.1, 0.15) is 0 Å². The summed E-state index contributed by atoms with van der Waals surface area (Å²) in [5.74, 6) is 2.23. The van der Waals surface area contributed by atoms with Crippen LogP contribution in [0, 0.1) is 17.8 Å². The molecule has 0 bridgehead atoms. The van der Waals surface area contributed by atoms with Gasteiger partial charge < -0.3 is 4.74 Å². The van der Waals surface area contributed by atoms with Gasteiger partial charge in [0.05, 0.1) is 5.41 Å². The first-order valence-electron chi connectivity index (χ1n) is 4.46. The smallest absolute Gasteiger partial charge is 0.312 e. The molecule has 0 aromatic rings. The summed E-state index contributed by atoms with van der Waals surface area (Å²) in [5, 5.41) is 0. The molecule has 2 nitrogen and oxygen atoms in total. The predicted molar refractivity (Wildman–Crippen MR) is 53.1 cm³/mol. The van der Waals surface area contributed by atoms with Crippen LogP contribution in [0.5, 0.6) is 0 Å². The highest BCUT2D eigenvalue weighted by atomic mass is 16.6. The Morgan fingerprint density at radius 1 is 1.38 bits per heavy atom. The summed E-state index contributed by atoms with van der Waals surface area (Å²) >= 11 is 0. The lowest BCUT2D eigenvalue weighted by atomic mass is 9.96. The van der Waals surface area contributed by atoms with Crippen molar-refractivity contribution >= 4 is 5.97 Å². The fourth-order valence-corrected chi connectivity index (χ4v) is 0.561. The molecule has 0 heterocycles. The van der Waals surface area contributed by atoms with Gasteiger partial charge in [-0.15, -0.1) is 6.42 Å². The van der Waals surface area contributed by atoms with Crippen molar-refractivity contribution < 1.29 is 9.53 Å². The van der Waals surface area contributed by atoms with Crippen LogP contribution in [0.15, 0.2) is 0 Å². The predicted octanol–water partition coefficient (Wildman–Crippen LogP) is 2.38. The van der Waals surface area contributed by atoms with Gasteiger partial charge in [0, 0.05) is 0 Å². The zero-order valence-electron chi connectivity index (χ0n) is 9.10. The number of rotatable bonds is 2. The molecule has 0 amide bonds. The average molecular weight is 182 g/mol. The van der Waals surface area contributed by atoms with E-state index in [0.717, 1.165) is 0 Å². The van der Waals surface area contributed by atoms with Crippen LogP contribution in [-0.4, -0.2) is 11.6 Å². The highest BCUT2D eigenvalue weighted by Crippen LogP contribution is 2.22. The lowest BCUT2D eigenvalue weighted by Crippen LogP contribution is -2.34. The second-order valence-corrected chi connectivity index (χ2v) is 4.37. The Labute approximate surface area is 80.7 Å². The van der Waals surface area contributed by atoms with E-state index in [4.69, 9.17) is 11.2 Å². The van der Waals surface area contributed by atoms with Crippen molar-refractivity contribution in [1.29, 1.82) is 0 Å². The molecule has 0 saturated heterocycles. The zero-order valence-corrected chi connectivity index (χ0v) is 9.10. The van der Waals surface area contributed by atoms with Crippen LogP contribution < -0.4 is 0 Å². The third-order valence-corrected chi connectivity index (χ3v) is 1.91. The molecule has 0 aliphatic carbocycles. The maximum atomic E-state index is 11.5. The van der Waals surface area contributed by atoms with E-state index in [0.29, 0.717) is 6.42 Å². The first-order valence-corrected chi connectivity index (χ1v) is 4.46. The summed E-state index contributed by atoms with van der Waals surface area (Å²) in [7, 11) is 0. The Morgan fingerprint density at radius 3 is 2.08 bits per heavy atom. The van der Waals surface area contributed by atoms with Gasteiger partial charge in [-0.2, -0.15) is 0 Å². The second-order valence-electron chi connectivity index (χ2n) is 4.37. The van der Waals surface area contributed by atoms with E-state index >= 15 is 0 Å². The molecule has 0 fully saturated rings. The molecule has 2 heteroatoms. The number of hydrogen-bond donors (Lipinski definition) is 0. The van der Waals surface area contributed by atoms with Gasteiger partial charge in [-0.05, 0) is 34.1 Å². The third-order valence-electron chi connectivity index (χ3n) is 1.91. The number of carbonyl (C=O) groups is 1. The first kappa shape index (κ1) is 12.0. The molecular weight excluding hydrogens is 164 g/mol. The molecule has 0 aromatic heterocycles. The quantitative estimate of drug-likeness (QED) is 0.484. The summed E-state index contributed by atoms with van der Waals surface area (Å²) in [6, 6.07) is 0. The fourth-order valence-electron chi connectivity index (χ4n) is 0.561. The van der Waals surface area contributed by atoms with Gasteiger partial charge >= 0.3 is 5.97 Å². The summed E-state index contributed by atoms with van der Waals surface area (Å²) in [5.41, 5.74) is -1.25. The third kappa shape index (κ3) is 3.50. The van der Waals surface area contributed by atoms with Crippen LogP contribution in [0.25, 0.3) is 0 Å². The van der Waals surface area contributed by atoms with Crippen molar-refractivity contribution in [2.45, 2.75) is 46.6 Å². The van der Waals surface area contributed by atoms with Crippen molar-refractivity contribution in [3.63, 3.8) is 0 Å². The largest absolute Gasteiger partial charge is 0.446 e. The molecule has 1 atom stereocenters. The topological polar surface area (TPSA) is 26.3 Å². The molecule has 1 unspecified atom stereocenters. The van der Waals surface area contributed by atoms with Crippen LogP contribution in [0.2, 0.25) is 0 Å². The molecule has 0 aliphatic rings. The van der Waals surface area contributed by atoms with Gasteiger partial charge in [-0.25, -0.2) is 0 Å². The molecule has 0 radical (unpaired) electrons. The van der Waals surface area contributed by atoms with Crippen LogP contribution in [0.3, 0.4) is 0 Å². The van der Waals surface area contributed by atoms with E-state index in [1.807, 2.05) is 27.7 Å². The monoisotopic (exact) mass is 182 g/mol. The number of esters is 1. The minimum Gasteiger partial charge on any atom is -0.446 e. The molecule has 0 N–H and O–H groups in total. The van der Waals surface area contributed by atoms with Gasteiger partial charge in [0.15, 0.2) is 5.60 Å². The first-order chi connectivity index (χ1) is 5.75. The van der Waals surface area contributed by atoms with E-state index < -0.39 is 11.0 Å². The van der Waals surface area contributed by atoms with E-state index in [9.17, 15) is 4.79 Å². The van der Waals surface area contributed by atoms with Crippen molar-refractivity contribution in [2.24, 2.45) is 5.41 Å². The second kappa shape index (κ2) is 3.83. The summed E-state index contributed by atoms with van der Waals surface area (Å²) in [4.78, 5) is 11.5. The van der Waals surface area contributed by atoms with Gasteiger partial charge in [-0.3, -0.25) is 4.79 Å². The highest BCUT2D eigenvalue weighted by Gasteiger charge is 2.30. The lowest BCUT2D eigenvalue weighted by molar-refractivity contribution is -0.162. The van der Waals surface area contributed by atoms with Gasteiger partial charge in [-0.1, -0.05) is 12.8 Å². The Balaban J connectivity index is 4.47. The molecule has 0 saturated carbocycles. The van der Waals surface area contributed by atoms with Crippen LogP contribution in [-0.2, 0) is 9.53 Å². The molecule has 74 valence electrons. The number of terminal acetylenes is 1. The van der Waals surface area contributed by atoms with Gasteiger partial charge in [0.2, 0.25) is 0 Å². The standard InChI is InChI=1S/C11H18O2/c1-7-11(6,8-2)13-9(12)10(3,4)5/h1H,8H2,2-6H3. The summed E-state index contributed by atoms with van der Waals surface area (Å²) in [6.45, 7) is 9.07. The Hall–Kier alpha value is -0.970. The molecule has 0 spiro atoms. The minimum atomic E-state index is -0.760. The average Bonchev–Trinajstić information content (AvgIpc) is 2.02. The Bertz CT molecular complexity index is 229. The van der Waals surface area contributed by atoms with Crippen molar-refractivity contribution in [3.05, 3.63) is 0 Å². The van der Waals surface area contributed by atoms with Crippen molar-refractivity contribution in [2.75, 3.05) is 0 Å². The maximum Gasteiger partial charge on any atom is 0.312 e. The molecular formula is C11H18O2. The Morgan fingerprint density at radius 2 is 1.85 bits per heavy atom. The number of ether oxygens (including phenoxy) is 1. The Kier molecular flexibility index (Phi) is 3.54. The van der Waals surface area contributed by atoms with Crippen LogP contribution in [0.4, 0.5) is 0 Å².